The van der Waals surface area contributed by atoms with Crippen LogP contribution in [0.1, 0.15) is 35.7 Å². The standard InChI is InChI=1S/C16H25N3O/c1-4-17-16(20)13-6-5-12(2)15(11-13)18-14-7-9-19(3)10-8-14/h5-6,11,14,18H,4,7-10H2,1-3H3,(H,17,20). The fourth-order valence-corrected chi connectivity index (χ4v) is 2.55. The lowest BCUT2D eigenvalue weighted by Crippen LogP contribution is -2.36. The summed E-state index contributed by atoms with van der Waals surface area (Å²) in [7, 11) is 2.16. The van der Waals surface area contributed by atoms with E-state index in [9.17, 15) is 4.79 Å². The largest absolute Gasteiger partial charge is 0.382 e. The summed E-state index contributed by atoms with van der Waals surface area (Å²) in [4.78, 5) is 14.3. The number of likely N-dealkylation sites (tertiary alicyclic amines) is 1. The molecule has 4 heteroatoms. The average Bonchev–Trinajstić information content (AvgIpc) is 2.44. The van der Waals surface area contributed by atoms with E-state index >= 15 is 0 Å². The van der Waals surface area contributed by atoms with Gasteiger partial charge in [-0.2, -0.15) is 0 Å². The number of benzene rings is 1. The van der Waals surface area contributed by atoms with Crippen molar-refractivity contribution in [2.75, 3.05) is 32.0 Å². The minimum Gasteiger partial charge on any atom is -0.382 e. The van der Waals surface area contributed by atoms with Crippen LogP contribution in [0, 0.1) is 6.92 Å². The van der Waals surface area contributed by atoms with E-state index in [0.29, 0.717) is 12.6 Å². The maximum atomic E-state index is 11.9. The fraction of sp³-hybridized carbons (Fsp3) is 0.562. The number of nitrogens with one attached hydrogen (secondary N) is 2. The molecule has 2 rings (SSSR count). The molecule has 1 fully saturated rings. The second kappa shape index (κ2) is 6.75. The van der Waals surface area contributed by atoms with Crippen molar-refractivity contribution < 1.29 is 4.79 Å². The molecule has 1 heterocycles. The molecule has 0 atom stereocenters. The van der Waals surface area contributed by atoms with E-state index < -0.39 is 0 Å². The Morgan fingerprint density at radius 2 is 2.05 bits per heavy atom. The van der Waals surface area contributed by atoms with Gasteiger partial charge in [0, 0.05) is 23.8 Å². The molecule has 110 valence electrons. The van der Waals surface area contributed by atoms with Crippen LogP contribution in [0.5, 0.6) is 0 Å². The first kappa shape index (κ1) is 14.9. The van der Waals surface area contributed by atoms with Gasteiger partial charge in [-0.15, -0.1) is 0 Å². The Morgan fingerprint density at radius 1 is 1.35 bits per heavy atom. The number of carbonyl (C=O) groups is 1. The van der Waals surface area contributed by atoms with Gasteiger partial charge in [-0.25, -0.2) is 0 Å². The molecule has 20 heavy (non-hydrogen) atoms. The molecule has 1 aliphatic rings. The molecule has 1 amide bonds. The molecule has 1 saturated heterocycles. The van der Waals surface area contributed by atoms with E-state index in [0.717, 1.165) is 37.2 Å². The first-order valence-corrected chi connectivity index (χ1v) is 7.44. The zero-order valence-corrected chi connectivity index (χ0v) is 12.7. The molecule has 0 radical (unpaired) electrons. The SMILES string of the molecule is CCNC(=O)c1ccc(C)c(NC2CCN(C)CC2)c1. The van der Waals surface area contributed by atoms with Crippen LogP contribution in [0.25, 0.3) is 0 Å². The van der Waals surface area contributed by atoms with E-state index in [1.54, 1.807) is 0 Å². The van der Waals surface area contributed by atoms with Crippen LogP contribution in [0.4, 0.5) is 5.69 Å². The molecule has 2 N–H and O–H groups in total. The van der Waals surface area contributed by atoms with E-state index in [-0.39, 0.29) is 5.91 Å². The third-order valence-corrected chi connectivity index (χ3v) is 3.92. The third-order valence-electron chi connectivity index (χ3n) is 3.92. The number of anilines is 1. The van der Waals surface area contributed by atoms with Gasteiger partial charge in [-0.1, -0.05) is 6.07 Å². The van der Waals surface area contributed by atoms with Crippen molar-refractivity contribution in [3.8, 4) is 0 Å². The molecule has 0 aromatic heterocycles. The number of hydrogen-bond acceptors (Lipinski definition) is 3. The zero-order chi connectivity index (χ0) is 14.5. The summed E-state index contributed by atoms with van der Waals surface area (Å²) in [6.07, 6.45) is 2.31. The normalized spacial score (nSPS) is 16.9. The van der Waals surface area contributed by atoms with Gasteiger partial charge in [0.25, 0.3) is 5.91 Å². The van der Waals surface area contributed by atoms with Crippen molar-refractivity contribution in [1.29, 1.82) is 0 Å². The molecule has 0 unspecified atom stereocenters. The van der Waals surface area contributed by atoms with E-state index in [1.165, 1.54) is 5.56 Å². The topological polar surface area (TPSA) is 44.4 Å². The van der Waals surface area contributed by atoms with Crippen LogP contribution in [0.3, 0.4) is 0 Å². The molecule has 0 spiro atoms. The van der Waals surface area contributed by atoms with Crippen LogP contribution in [0.15, 0.2) is 18.2 Å². The second-order valence-electron chi connectivity index (χ2n) is 5.61. The summed E-state index contributed by atoms with van der Waals surface area (Å²) < 4.78 is 0. The summed E-state index contributed by atoms with van der Waals surface area (Å²) in [6, 6.07) is 6.38. The van der Waals surface area contributed by atoms with Crippen LogP contribution < -0.4 is 10.6 Å². The summed E-state index contributed by atoms with van der Waals surface area (Å²) in [5.74, 6) is -0.000993. The van der Waals surface area contributed by atoms with Crippen molar-refractivity contribution in [3.05, 3.63) is 29.3 Å². The van der Waals surface area contributed by atoms with Gasteiger partial charge in [0.15, 0.2) is 0 Å². The number of piperidine rings is 1. The second-order valence-corrected chi connectivity index (χ2v) is 5.61. The molecule has 4 nitrogen and oxygen atoms in total. The van der Waals surface area contributed by atoms with Gasteiger partial charge >= 0.3 is 0 Å². The monoisotopic (exact) mass is 275 g/mol. The molecular formula is C16H25N3O. The Bertz CT molecular complexity index is 465. The van der Waals surface area contributed by atoms with Crippen molar-refractivity contribution in [3.63, 3.8) is 0 Å². The number of rotatable bonds is 4. The Balaban J connectivity index is 2.06. The van der Waals surface area contributed by atoms with Crippen LogP contribution >= 0.6 is 0 Å². The van der Waals surface area contributed by atoms with Gasteiger partial charge < -0.3 is 15.5 Å². The first-order chi connectivity index (χ1) is 9.60. The van der Waals surface area contributed by atoms with Gasteiger partial charge in [0.1, 0.15) is 0 Å². The highest BCUT2D eigenvalue weighted by Crippen LogP contribution is 2.21. The smallest absolute Gasteiger partial charge is 0.251 e. The highest BCUT2D eigenvalue weighted by Gasteiger charge is 2.17. The van der Waals surface area contributed by atoms with Gasteiger partial charge in [-0.3, -0.25) is 4.79 Å². The lowest BCUT2D eigenvalue weighted by Gasteiger charge is -2.30. The predicted molar refractivity (Wildman–Crippen MR) is 83.3 cm³/mol. The van der Waals surface area contributed by atoms with Crippen molar-refractivity contribution in [1.82, 2.24) is 10.2 Å². The lowest BCUT2D eigenvalue weighted by molar-refractivity contribution is 0.0956. The summed E-state index contributed by atoms with van der Waals surface area (Å²) in [5, 5.41) is 6.44. The molecule has 0 aliphatic carbocycles. The minimum absolute atomic E-state index is 0.000993. The van der Waals surface area contributed by atoms with E-state index in [4.69, 9.17) is 0 Å². The molecule has 0 saturated carbocycles. The summed E-state index contributed by atoms with van der Waals surface area (Å²) in [6.45, 7) is 6.94. The third kappa shape index (κ3) is 3.73. The van der Waals surface area contributed by atoms with Crippen LogP contribution in [-0.2, 0) is 0 Å². The maximum absolute atomic E-state index is 11.9. The van der Waals surface area contributed by atoms with Gasteiger partial charge in [0.05, 0.1) is 0 Å². The van der Waals surface area contributed by atoms with E-state index in [2.05, 4.69) is 29.5 Å². The first-order valence-electron chi connectivity index (χ1n) is 7.44. The van der Waals surface area contributed by atoms with Gasteiger partial charge in [-0.05, 0) is 64.5 Å². The molecule has 1 aromatic rings. The van der Waals surface area contributed by atoms with E-state index in [1.807, 2.05) is 25.1 Å². The Kier molecular flexibility index (Phi) is 5.01. The van der Waals surface area contributed by atoms with Crippen molar-refractivity contribution >= 4 is 11.6 Å². The Labute approximate surface area is 121 Å². The highest BCUT2D eigenvalue weighted by atomic mass is 16.1. The molecule has 0 bridgehead atoms. The molecular weight excluding hydrogens is 250 g/mol. The van der Waals surface area contributed by atoms with Crippen LogP contribution in [0.2, 0.25) is 0 Å². The number of amides is 1. The predicted octanol–water partition coefficient (Wildman–Crippen LogP) is 2.25. The summed E-state index contributed by atoms with van der Waals surface area (Å²) >= 11 is 0. The van der Waals surface area contributed by atoms with Crippen LogP contribution in [-0.4, -0.2) is 43.5 Å². The number of aryl methyl sites for hydroxylation is 1. The number of carbonyl (C=O) groups excluding carboxylic acids is 1. The van der Waals surface area contributed by atoms with Crippen molar-refractivity contribution in [2.45, 2.75) is 32.7 Å². The quantitative estimate of drug-likeness (QED) is 0.886. The zero-order valence-electron chi connectivity index (χ0n) is 12.7. The molecule has 1 aromatic carbocycles. The van der Waals surface area contributed by atoms with Gasteiger partial charge in [0.2, 0.25) is 0 Å². The average molecular weight is 275 g/mol. The fourth-order valence-electron chi connectivity index (χ4n) is 2.55. The Hall–Kier alpha value is -1.55. The number of nitrogens with zero attached hydrogens (tertiary/aromatic N) is 1. The summed E-state index contributed by atoms with van der Waals surface area (Å²) in [5.41, 5.74) is 3.01. The minimum atomic E-state index is -0.000993. The highest BCUT2D eigenvalue weighted by molar-refractivity contribution is 5.95. The Morgan fingerprint density at radius 3 is 2.70 bits per heavy atom. The number of hydrogen-bond donors (Lipinski definition) is 2. The molecule has 1 aliphatic heterocycles. The lowest BCUT2D eigenvalue weighted by atomic mass is 10.0. The maximum Gasteiger partial charge on any atom is 0.251 e. The van der Waals surface area contributed by atoms with Crippen molar-refractivity contribution in [2.24, 2.45) is 0 Å².